The highest BCUT2D eigenvalue weighted by Crippen LogP contribution is 2.37. The first-order valence-corrected chi connectivity index (χ1v) is 6.93. The standard InChI is InChI=1S/C15H20N2O5/c1-10(18)11-6-13-14(22-9-21-13)7-12(11)16-15(19)8-17(2)4-5-20-3/h6-7H,4-5,8-9H2,1-3H3,(H,16,19). The van der Waals surface area contributed by atoms with E-state index in [9.17, 15) is 9.59 Å². The van der Waals surface area contributed by atoms with Gasteiger partial charge in [-0.25, -0.2) is 0 Å². The number of carbonyl (C=O) groups is 2. The molecule has 1 heterocycles. The monoisotopic (exact) mass is 308 g/mol. The average molecular weight is 308 g/mol. The van der Waals surface area contributed by atoms with Crippen molar-refractivity contribution in [2.45, 2.75) is 6.92 Å². The Balaban J connectivity index is 2.08. The molecule has 1 aliphatic heterocycles. The summed E-state index contributed by atoms with van der Waals surface area (Å²) in [6.07, 6.45) is 0. The van der Waals surface area contributed by atoms with E-state index >= 15 is 0 Å². The normalized spacial score (nSPS) is 12.5. The number of fused-ring (bicyclic) bond motifs is 1. The van der Waals surface area contributed by atoms with E-state index in [1.54, 1.807) is 19.2 Å². The second-order valence-corrected chi connectivity index (χ2v) is 5.09. The van der Waals surface area contributed by atoms with Crippen molar-refractivity contribution in [3.63, 3.8) is 0 Å². The molecule has 1 aromatic carbocycles. The van der Waals surface area contributed by atoms with Crippen LogP contribution in [0.2, 0.25) is 0 Å². The molecular formula is C15H20N2O5. The largest absolute Gasteiger partial charge is 0.454 e. The lowest BCUT2D eigenvalue weighted by Gasteiger charge is -2.16. The van der Waals surface area contributed by atoms with Gasteiger partial charge in [-0.1, -0.05) is 0 Å². The first-order chi connectivity index (χ1) is 10.5. The molecule has 7 heteroatoms. The van der Waals surface area contributed by atoms with E-state index in [2.05, 4.69) is 5.32 Å². The number of hydrogen-bond donors (Lipinski definition) is 1. The number of ketones is 1. The Labute approximate surface area is 129 Å². The van der Waals surface area contributed by atoms with Crippen LogP contribution in [-0.4, -0.2) is 57.2 Å². The molecular weight excluding hydrogens is 288 g/mol. The molecule has 0 fully saturated rings. The molecule has 7 nitrogen and oxygen atoms in total. The molecule has 0 aromatic heterocycles. The molecule has 0 radical (unpaired) electrons. The number of amides is 1. The first-order valence-electron chi connectivity index (χ1n) is 6.93. The third-order valence-electron chi connectivity index (χ3n) is 3.26. The van der Waals surface area contributed by atoms with E-state index in [4.69, 9.17) is 14.2 Å². The molecule has 1 aliphatic rings. The summed E-state index contributed by atoms with van der Waals surface area (Å²) in [5.74, 6) is 0.676. The number of methoxy groups -OCH3 is 1. The molecule has 0 spiro atoms. The molecule has 0 bridgehead atoms. The minimum atomic E-state index is -0.208. The summed E-state index contributed by atoms with van der Waals surface area (Å²) in [5.41, 5.74) is 0.832. The fourth-order valence-corrected chi connectivity index (χ4v) is 2.10. The Morgan fingerprint density at radius 2 is 2.00 bits per heavy atom. The topological polar surface area (TPSA) is 77.1 Å². The van der Waals surface area contributed by atoms with Crippen LogP contribution in [0.4, 0.5) is 5.69 Å². The summed E-state index contributed by atoms with van der Waals surface area (Å²) in [6, 6.07) is 3.21. The Morgan fingerprint density at radius 3 is 2.64 bits per heavy atom. The zero-order valence-corrected chi connectivity index (χ0v) is 13.0. The number of ether oxygens (including phenoxy) is 3. The molecule has 1 amide bonds. The molecule has 0 aliphatic carbocycles. The van der Waals surface area contributed by atoms with Crippen molar-refractivity contribution < 1.29 is 23.8 Å². The average Bonchev–Trinajstić information content (AvgIpc) is 2.91. The van der Waals surface area contributed by atoms with Gasteiger partial charge in [0.1, 0.15) is 0 Å². The molecule has 2 rings (SSSR count). The van der Waals surface area contributed by atoms with Crippen molar-refractivity contribution in [1.82, 2.24) is 4.90 Å². The van der Waals surface area contributed by atoms with Crippen molar-refractivity contribution in [3.8, 4) is 11.5 Å². The molecule has 0 saturated carbocycles. The molecule has 22 heavy (non-hydrogen) atoms. The number of Topliss-reactive ketones (excluding diaryl/α,β-unsaturated/α-hetero) is 1. The lowest BCUT2D eigenvalue weighted by Crippen LogP contribution is -2.32. The number of nitrogens with zero attached hydrogens (tertiary/aromatic N) is 1. The Bertz CT molecular complexity index is 573. The van der Waals surface area contributed by atoms with Gasteiger partial charge in [-0.3, -0.25) is 14.5 Å². The van der Waals surface area contributed by atoms with Crippen molar-refractivity contribution in [3.05, 3.63) is 17.7 Å². The van der Waals surface area contributed by atoms with E-state index in [0.29, 0.717) is 35.9 Å². The van der Waals surface area contributed by atoms with Crippen LogP contribution in [0.25, 0.3) is 0 Å². The number of hydrogen-bond acceptors (Lipinski definition) is 6. The Morgan fingerprint density at radius 1 is 1.32 bits per heavy atom. The molecule has 0 saturated heterocycles. The molecule has 1 N–H and O–H groups in total. The predicted octanol–water partition coefficient (Wildman–Crippen LogP) is 1.13. The van der Waals surface area contributed by atoms with Crippen molar-refractivity contribution >= 4 is 17.4 Å². The summed E-state index contributed by atoms with van der Waals surface area (Å²) in [7, 11) is 3.43. The second kappa shape index (κ2) is 7.24. The van der Waals surface area contributed by atoms with E-state index in [-0.39, 0.29) is 25.0 Å². The maximum atomic E-state index is 12.1. The predicted molar refractivity (Wildman–Crippen MR) is 80.6 cm³/mol. The number of carbonyl (C=O) groups excluding carboxylic acids is 2. The molecule has 120 valence electrons. The minimum Gasteiger partial charge on any atom is -0.454 e. The van der Waals surface area contributed by atoms with Gasteiger partial charge in [-0.05, 0) is 20.0 Å². The van der Waals surface area contributed by atoms with Crippen LogP contribution in [0.3, 0.4) is 0 Å². The fraction of sp³-hybridized carbons (Fsp3) is 0.467. The lowest BCUT2D eigenvalue weighted by atomic mass is 10.1. The third-order valence-corrected chi connectivity index (χ3v) is 3.26. The van der Waals surface area contributed by atoms with Gasteiger partial charge in [-0.2, -0.15) is 0 Å². The third kappa shape index (κ3) is 3.96. The summed E-state index contributed by atoms with van der Waals surface area (Å²) in [6.45, 7) is 2.95. The smallest absolute Gasteiger partial charge is 0.238 e. The van der Waals surface area contributed by atoms with E-state index in [1.165, 1.54) is 6.92 Å². The lowest BCUT2D eigenvalue weighted by molar-refractivity contribution is -0.117. The first kappa shape index (κ1) is 16.3. The number of nitrogens with one attached hydrogen (secondary N) is 1. The van der Waals surface area contributed by atoms with Crippen molar-refractivity contribution in [2.75, 3.05) is 46.0 Å². The van der Waals surface area contributed by atoms with Crippen LogP contribution < -0.4 is 14.8 Å². The quantitative estimate of drug-likeness (QED) is 0.761. The number of likely N-dealkylation sites (N-methyl/N-ethyl adjacent to an activating group) is 1. The Kier molecular flexibility index (Phi) is 5.35. The second-order valence-electron chi connectivity index (χ2n) is 5.09. The van der Waals surface area contributed by atoms with Crippen LogP contribution in [-0.2, 0) is 9.53 Å². The summed E-state index contributed by atoms with van der Waals surface area (Å²) < 4.78 is 15.5. The van der Waals surface area contributed by atoms with Gasteiger partial charge in [-0.15, -0.1) is 0 Å². The summed E-state index contributed by atoms with van der Waals surface area (Å²) >= 11 is 0. The fourth-order valence-electron chi connectivity index (χ4n) is 2.10. The highest BCUT2D eigenvalue weighted by Gasteiger charge is 2.20. The van der Waals surface area contributed by atoms with Crippen LogP contribution in [0.1, 0.15) is 17.3 Å². The molecule has 1 aromatic rings. The number of benzene rings is 1. The van der Waals surface area contributed by atoms with Crippen molar-refractivity contribution in [2.24, 2.45) is 0 Å². The van der Waals surface area contributed by atoms with Crippen LogP contribution in [0.5, 0.6) is 11.5 Å². The van der Waals surface area contributed by atoms with Gasteiger partial charge in [0.05, 0.1) is 18.8 Å². The maximum Gasteiger partial charge on any atom is 0.238 e. The SMILES string of the molecule is COCCN(C)CC(=O)Nc1cc2c(cc1C(C)=O)OCO2. The zero-order valence-electron chi connectivity index (χ0n) is 13.0. The summed E-state index contributed by atoms with van der Waals surface area (Å²) in [4.78, 5) is 25.7. The van der Waals surface area contributed by atoms with Crippen LogP contribution >= 0.6 is 0 Å². The van der Waals surface area contributed by atoms with Gasteiger partial charge in [0.2, 0.25) is 12.7 Å². The van der Waals surface area contributed by atoms with E-state index in [1.807, 2.05) is 11.9 Å². The Hall–Kier alpha value is -2.12. The summed E-state index contributed by atoms with van der Waals surface area (Å²) in [5, 5.41) is 2.75. The highest BCUT2D eigenvalue weighted by atomic mass is 16.7. The van der Waals surface area contributed by atoms with Gasteiger partial charge >= 0.3 is 0 Å². The number of rotatable bonds is 7. The minimum absolute atomic E-state index is 0.115. The van der Waals surface area contributed by atoms with Gasteiger partial charge < -0.3 is 19.5 Å². The van der Waals surface area contributed by atoms with Gasteiger partial charge in [0, 0.05) is 25.3 Å². The number of anilines is 1. The van der Waals surface area contributed by atoms with Crippen LogP contribution in [0, 0.1) is 0 Å². The molecule has 0 atom stereocenters. The van der Waals surface area contributed by atoms with Gasteiger partial charge in [0.15, 0.2) is 17.3 Å². The van der Waals surface area contributed by atoms with Gasteiger partial charge in [0.25, 0.3) is 0 Å². The maximum absolute atomic E-state index is 12.1. The van der Waals surface area contributed by atoms with E-state index < -0.39 is 0 Å². The van der Waals surface area contributed by atoms with E-state index in [0.717, 1.165) is 0 Å². The zero-order chi connectivity index (χ0) is 16.1. The molecule has 0 unspecified atom stereocenters. The van der Waals surface area contributed by atoms with Crippen molar-refractivity contribution in [1.29, 1.82) is 0 Å². The highest BCUT2D eigenvalue weighted by molar-refractivity contribution is 6.05. The van der Waals surface area contributed by atoms with Crippen LogP contribution in [0.15, 0.2) is 12.1 Å².